The Morgan fingerprint density at radius 1 is 0.833 bits per heavy atom. The van der Waals surface area contributed by atoms with E-state index in [2.05, 4.69) is 40.4 Å². The molecular weight excluding hydrogens is 396 g/mol. The summed E-state index contributed by atoms with van der Waals surface area (Å²) < 4.78 is 16.5. The predicted octanol–water partition coefficient (Wildman–Crippen LogP) is 5.41. The minimum Gasteiger partial charge on any atom is -0.454 e. The number of terminal acetylenes is 1. The fourth-order valence-corrected chi connectivity index (χ4v) is 3.83. The molecule has 0 radical (unpaired) electrons. The van der Waals surface area contributed by atoms with E-state index in [1.807, 2.05) is 42.5 Å². The third-order valence-electron chi connectivity index (χ3n) is 4.73. The largest absolute Gasteiger partial charge is 0.454 e. The Balaban J connectivity index is 1.24. The molecule has 0 bridgehead atoms. The Labute approximate surface area is 178 Å². The van der Waals surface area contributed by atoms with Crippen LogP contribution in [-0.2, 0) is 5.75 Å². The molecule has 1 aliphatic rings. The lowest BCUT2D eigenvalue weighted by Crippen LogP contribution is -1.92. The Bertz CT molecular complexity index is 1220. The summed E-state index contributed by atoms with van der Waals surface area (Å²) in [5.41, 5.74) is 5.14. The van der Waals surface area contributed by atoms with Crippen molar-refractivity contribution in [2.45, 2.75) is 11.0 Å². The second-order valence-corrected chi connectivity index (χ2v) is 7.58. The maximum atomic E-state index is 5.79. The van der Waals surface area contributed by atoms with Crippen LogP contribution in [0.1, 0.15) is 11.1 Å². The Morgan fingerprint density at radius 2 is 1.53 bits per heavy atom. The first-order valence-electron chi connectivity index (χ1n) is 9.31. The van der Waals surface area contributed by atoms with Gasteiger partial charge < -0.3 is 13.9 Å². The highest BCUT2D eigenvalue weighted by molar-refractivity contribution is 7.98. The zero-order valence-electron chi connectivity index (χ0n) is 15.9. The zero-order chi connectivity index (χ0) is 20.3. The van der Waals surface area contributed by atoms with Gasteiger partial charge in [0.05, 0.1) is 0 Å². The lowest BCUT2D eigenvalue weighted by Gasteiger charge is -2.04. The predicted molar refractivity (Wildman–Crippen MR) is 115 cm³/mol. The summed E-state index contributed by atoms with van der Waals surface area (Å²) in [6, 6.07) is 22.0. The molecule has 0 saturated heterocycles. The molecule has 0 amide bonds. The Kier molecular flexibility index (Phi) is 4.88. The first-order chi connectivity index (χ1) is 14.8. The van der Waals surface area contributed by atoms with Crippen molar-refractivity contribution in [1.82, 2.24) is 10.2 Å². The van der Waals surface area contributed by atoms with Crippen molar-refractivity contribution in [3.8, 4) is 46.4 Å². The quantitative estimate of drug-likeness (QED) is 0.323. The van der Waals surface area contributed by atoms with Crippen molar-refractivity contribution in [1.29, 1.82) is 0 Å². The molecule has 146 valence electrons. The van der Waals surface area contributed by atoms with Crippen LogP contribution >= 0.6 is 11.8 Å². The minimum absolute atomic E-state index is 0.235. The van der Waals surface area contributed by atoms with Crippen molar-refractivity contribution in [2.75, 3.05) is 6.79 Å². The SMILES string of the molecule is C#Cc1ccc(-c2ccc(CSc3nnc(-c4ccc5c(c4)OCO5)o3)cc2)cc1. The van der Waals surface area contributed by atoms with Crippen LogP contribution in [0.3, 0.4) is 0 Å². The molecule has 0 unspecified atom stereocenters. The minimum atomic E-state index is 0.235. The van der Waals surface area contributed by atoms with E-state index >= 15 is 0 Å². The second kappa shape index (κ2) is 7.97. The van der Waals surface area contributed by atoms with Crippen LogP contribution in [0, 0.1) is 12.3 Å². The summed E-state index contributed by atoms with van der Waals surface area (Å²) in [4.78, 5) is 0. The van der Waals surface area contributed by atoms with Gasteiger partial charge in [-0.25, -0.2) is 0 Å². The number of thioether (sulfide) groups is 1. The van der Waals surface area contributed by atoms with Crippen LogP contribution < -0.4 is 9.47 Å². The number of ether oxygens (including phenoxy) is 2. The van der Waals surface area contributed by atoms with Gasteiger partial charge in [0.25, 0.3) is 5.22 Å². The monoisotopic (exact) mass is 412 g/mol. The molecule has 30 heavy (non-hydrogen) atoms. The van der Waals surface area contributed by atoms with Gasteiger partial charge in [-0.3, -0.25) is 0 Å². The highest BCUT2D eigenvalue weighted by Crippen LogP contribution is 2.36. The topological polar surface area (TPSA) is 57.4 Å². The first kappa shape index (κ1) is 18.3. The third-order valence-corrected chi connectivity index (χ3v) is 5.62. The van der Waals surface area contributed by atoms with Crippen LogP contribution in [-0.4, -0.2) is 17.0 Å². The zero-order valence-corrected chi connectivity index (χ0v) is 16.7. The smallest absolute Gasteiger partial charge is 0.277 e. The van der Waals surface area contributed by atoms with Crippen LogP contribution in [0.4, 0.5) is 0 Å². The van der Waals surface area contributed by atoms with Crippen molar-refractivity contribution >= 4 is 11.8 Å². The Hall–Kier alpha value is -3.69. The maximum Gasteiger partial charge on any atom is 0.277 e. The fraction of sp³-hybridized carbons (Fsp3) is 0.0833. The molecule has 4 aromatic rings. The molecule has 1 aliphatic heterocycles. The summed E-state index contributed by atoms with van der Waals surface area (Å²) in [6.45, 7) is 0.235. The molecule has 5 nitrogen and oxygen atoms in total. The van der Waals surface area contributed by atoms with Gasteiger partial charge in [-0.15, -0.1) is 16.6 Å². The summed E-state index contributed by atoms with van der Waals surface area (Å²) in [7, 11) is 0. The molecule has 0 spiro atoms. The van der Waals surface area contributed by atoms with E-state index < -0.39 is 0 Å². The molecule has 1 aromatic heterocycles. The van der Waals surface area contributed by atoms with Crippen LogP contribution in [0.15, 0.2) is 76.4 Å². The van der Waals surface area contributed by atoms with Gasteiger partial charge in [-0.2, -0.15) is 0 Å². The van der Waals surface area contributed by atoms with Gasteiger partial charge in [0.1, 0.15) is 0 Å². The van der Waals surface area contributed by atoms with Crippen molar-refractivity contribution in [2.24, 2.45) is 0 Å². The molecule has 0 fully saturated rings. The van der Waals surface area contributed by atoms with Crippen LogP contribution in [0.2, 0.25) is 0 Å². The molecule has 3 aromatic carbocycles. The fourth-order valence-electron chi connectivity index (χ4n) is 3.11. The van der Waals surface area contributed by atoms with E-state index in [0.717, 1.165) is 33.8 Å². The average Bonchev–Trinajstić information content (AvgIpc) is 3.47. The van der Waals surface area contributed by atoms with E-state index in [9.17, 15) is 0 Å². The normalized spacial score (nSPS) is 12.0. The molecular formula is C24H16N2O3S. The number of fused-ring (bicyclic) bond motifs is 1. The van der Waals surface area contributed by atoms with E-state index in [4.69, 9.17) is 20.3 Å². The molecule has 5 rings (SSSR count). The van der Waals surface area contributed by atoms with Crippen molar-refractivity contribution in [3.63, 3.8) is 0 Å². The van der Waals surface area contributed by atoms with Crippen LogP contribution in [0.25, 0.3) is 22.6 Å². The first-order valence-corrected chi connectivity index (χ1v) is 10.3. The maximum absolute atomic E-state index is 5.79. The van der Waals surface area contributed by atoms with Gasteiger partial charge in [-0.05, 0) is 47.0 Å². The van der Waals surface area contributed by atoms with E-state index in [0.29, 0.717) is 16.9 Å². The lowest BCUT2D eigenvalue weighted by molar-refractivity contribution is 0.174. The lowest BCUT2D eigenvalue weighted by atomic mass is 10.0. The Morgan fingerprint density at radius 3 is 2.30 bits per heavy atom. The average molecular weight is 412 g/mol. The number of nitrogens with zero attached hydrogens (tertiary/aromatic N) is 2. The van der Waals surface area contributed by atoms with E-state index in [1.165, 1.54) is 17.3 Å². The molecule has 0 aliphatic carbocycles. The summed E-state index contributed by atoms with van der Waals surface area (Å²) >= 11 is 1.50. The van der Waals surface area contributed by atoms with Gasteiger partial charge in [0, 0.05) is 16.9 Å². The molecule has 0 N–H and O–H groups in total. The van der Waals surface area contributed by atoms with Crippen LogP contribution in [0.5, 0.6) is 11.5 Å². The number of benzene rings is 3. The third kappa shape index (κ3) is 3.76. The van der Waals surface area contributed by atoms with E-state index in [-0.39, 0.29) is 6.79 Å². The highest BCUT2D eigenvalue weighted by Gasteiger charge is 2.16. The van der Waals surface area contributed by atoms with Crippen molar-refractivity contribution < 1.29 is 13.9 Å². The molecule has 2 heterocycles. The van der Waals surface area contributed by atoms with Gasteiger partial charge >= 0.3 is 0 Å². The van der Waals surface area contributed by atoms with Crippen molar-refractivity contribution in [3.05, 3.63) is 77.9 Å². The second-order valence-electron chi connectivity index (χ2n) is 6.65. The molecule has 0 atom stereocenters. The van der Waals surface area contributed by atoms with E-state index in [1.54, 1.807) is 0 Å². The summed E-state index contributed by atoms with van der Waals surface area (Å²) in [5.74, 6) is 5.24. The summed E-state index contributed by atoms with van der Waals surface area (Å²) in [6.07, 6.45) is 5.42. The number of rotatable bonds is 5. The summed E-state index contributed by atoms with van der Waals surface area (Å²) in [5, 5.41) is 8.81. The van der Waals surface area contributed by atoms with Gasteiger partial charge in [0.2, 0.25) is 12.7 Å². The number of hydrogen-bond donors (Lipinski definition) is 0. The standard InChI is InChI=1S/C24H16N2O3S/c1-2-16-3-7-18(8-4-16)19-9-5-17(6-10-19)14-30-24-26-25-23(29-24)20-11-12-21-22(13-20)28-15-27-21/h1,3-13H,14-15H2. The van der Waals surface area contributed by atoms with Gasteiger partial charge in [0.15, 0.2) is 11.5 Å². The molecule has 0 saturated carbocycles. The highest BCUT2D eigenvalue weighted by atomic mass is 32.2. The number of aromatic nitrogens is 2. The van der Waals surface area contributed by atoms with Gasteiger partial charge in [-0.1, -0.05) is 54.1 Å². The molecule has 6 heteroatoms. The number of hydrogen-bond acceptors (Lipinski definition) is 6.